The summed E-state index contributed by atoms with van der Waals surface area (Å²) < 4.78 is 13.0. The van der Waals surface area contributed by atoms with Gasteiger partial charge in [-0.15, -0.1) is 0 Å². The fraction of sp³-hybridized carbons (Fsp3) is 0.381. The van der Waals surface area contributed by atoms with Crippen molar-refractivity contribution < 1.29 is 14.0 Å². The third kappa shape index (κ3) is 4.54. The lowest BCUT2D eigenvalue weighted by atomic mass is 10.0. The van der Waals surface area contributed by atoms with Crippen LogP contribution in [0.3, 0.4) is 0 Å². The van der Waals surface area contributed by atoms with Gasteiger partial charge in [-0.25, -0.2) is 4.39 Å². The van der Waals surface area contributed by atoms with E-state index in [4.69, 9.17) is 0 Å². The Morgan fingerprint density at radius 3 is 2.46 bits per heavy atom. The summed E-state index contributed by atoms with van der Waals surface area (Å²) in [6.45, 7) is 0.719. The van der Waals surface area contributed by atoms with E-state index in [0.717, 1.165) is 37.8 Å². The molecule has 1 aromatic carbocycles. The Balaban J connectivity index is 1.66. The van der Waals surface area contributed by atoms with E-state index in [1.807, 2.05) is 17.0 Å². The number of aromatic nitrogens is 1. The first-order valence-electron chi connectivity index (χ1n) is 9.13. The molecule has 2 heterocycles. The number of nitrogens with zero attached hydrogens (tertiary/aromatic N) is 2. The van der Waals surface area contributed by atoms with Gasteiger partial charge < -0.3 is 4.90 Å². The SMILES string of the molecule is O=C(CCC(=O)N1CCCCC[C@H]1c1ccncc1)c1ccc(F)cc1. The van der Waals surface area contributed by atoms with Gasteiger partial charge in [-0.1, -0.05) is 12.8 Å². The van der Waals surface area contributed by atoms with Gasteiger partial charge in [-0.2, -0.15) is 0 Å². The number of amides is 1. The van der Waals surface area contributed by atoms with Crippen molar-refractivity contribution >= 4 is 11.7 Å². The lowest BCUT2D eigenvalue weighted by Crippen LogP contribution is -2.35. The van der Waals surface area contributed by atoms with Crippen LogP contribution >= 0.6 is 0 Å². The fourth-order valence-corrected chi connectivity index (χ4v) is 3.48. The monoisotopic (exact) mass is 354 g/mol. The molecular formula is C21H23FN2O2. The summed E-state index contributed by atoms with van der Waals surface area (Å²) in [5.41, 5.74) is 1.54. The summed E-state index contributed by atoms with van der Waals surface area (Å²) in [5.74, 6) is -0.500. The molecule has 1 aliphatic rings. The minimum Gasteiger partial charge on any atom is -0.336 e. The van der Waals surface area contributed by atoms with Gasteiger partial charge in [0.25, 0.3) is 0 Å². The largest absolute Gasteiger partial charge is 0.336 e. The molecule has 3 rings (SSSR count). The Labute approximate surface area is 153 Å². The van der Waals surface area contributed by atoms with Gasteiger partial charge in [-0.05, 0) is 54.8 Å². The average molecular weight is 354 g/mol. The van der Waals surface area contributed by atoms with Crippen LogP contribution in [0.2, 0.25) is 0 Å². The Hall–Kier alpha value is -2.56. The van der Waals surface area contributed by atoms with Crippen LogP contribution in [-0.4, -0.2) is 28.1 Å². The highest BCUT2D eigenvalue weighted by molar-refractivity contribution is 5.97. The number of pyridine rings is 1. The van der Waals surface area contributed by atoms with Crippen LogP contribution in [0.4, 0.5) is 4.39 Å². The van der Waals surface area contributed by atoms with Crippen molar-refractivity contribution in [2.24, 2.45) is 0 Å². The number of hydrogen-bond donors (Lipinski definition) is 0. The van der Waals surface area contributed by atoms with E-state index in [9.17, 15) is 14.0 Å². The molecule has 26 heavy (non-hydrogen) atoms. The summed E-state index contributed by atoms with van der Waals surface area (Å²) in [7, 11) is 0. The van der Waals surface area contributed by atoms with Crippen LogP contribution in [0.5, 0.6) is 0 Å². The first kappa shape index (κ1) is 18.2. The molecule has 1 aliphatic heterocycles. The first-order valence-corrected chi connectivity index (χ1v) is 9.13. The second-order valence-corrected chi connectivity index (χ2v) is 6.66. The third-order valence-corrected chi connectivity index (χ3v) is 4.90. The van der Waals surface area contributed by atoms with E-state index >= 15 is 0 Å². The molecule has 0 saturated carbocycles. The summed E-state index contributed by atoms with van der Waals surface area (Å²) in [5, 5.41) is 0. The zero-order chi connectivity index (χ0) is 18.4. The van der Waals surface area contributed by atoms with E-state index in [0.29, 0.717) is 5.56 Å². The molecule has 0 bridgehead atoms. The molecule has 0 spiro atoms. The van der Waals surface area contributed by atoms with Gasteiger partial charge >= 0.3 is 0 Å². The number of ketones is 1. The average Bonchev–Trinajstić information content (AvgIpc) is 2.93. The van der Waals surface area contributed by atoms with Crippen molar-refractivity contribution in [3.05, 3.63) is 65.7 Å². The first-order chi connectivity index (χ1) is 12.6. The van der Waals surface area contributed by atoms with Crippen LogP contribution in [-0.2, 0) is 4.79 Å². The van der Waals surface area contributed by atoms with Crippen LogP contribution in [0, 0.1) is 5.82 Å². The second-order valence-electron chi connectivity index (χ2n) is 6.66. The molecule has 136 valence electrons. The number of Topliss-reactive ketones (excluding diaryl/α,β-unsaturated/α-hetero) is 1. The highest BCUT2D eigenvalue weighted by Crippen LogP contribution is 2.30. The number of carbonyl (C=O) groups is 2. The number of carbonyl (C=O) groups excluding carboxylic acids is 2. The van der Waals surface area contributed by atoms with Gasteiger partial charge in [0.15, 0.2) is 5.78 Å². The molecule has 0 unspecified atom stereocenters. The Kier molecular flexibility index (Phi) is 6.10. The number of hydrogen-bond acceptors (Lipinski definition) is 3. The van der Waals surface area contributed by atoms with Crippen LogP contribution in [0.1, 0.15) is 60.5 Å². The predicted molar refractivity (Wildman–Crippen MR) is 97.1 cm³/mol. The third-order valence-electron chi connectivity index (χ3n) is 4.90. The van der Waals surface area contributed by atoms with Crippen LogP contribution in [0.15, 0.2) is 48.8 Å². The maximum Gasteiger partial charge on any atom is 0.223 e. The molecule has 1 saturated heterocycles. The normalized spacial score (nSPS) is 17.6. The standard InChI is InChI=1S/C21H23FN2O2/c22-18-7-5-17(6-8-18)20(25)9-10-21(26)24-15-3-1-2-4-19(24)16-11-13-23-14-12-16/h5-8,11-14,19H,1-4,9-10,15H2/t19-/m0/s1. The fourth-order valence-electron chi connectivity index (χ4n) is 3.48. The molecule has 1 amide bonds. The summed E-state index contributed by atoms with van der Waals surface area (Å²) in [6.07, 6.45) is 7.94. The number of benzene rings is 1. The quantitative estimate of drug-likeness (QED) is 0.751. The zero-order valence-electron chi connectivity index (χ0n) is 14.7. The Morgan fingerprint density at radius 2 is 1.73 bits per heavy atom. The molecule has 0 N–H and O–H groups in total. The Morgan fingerprint density at radius 1 is 1.00 bits per heavy atom. The molecule has 2 aromatic rings. The molecule has 5 heteroatoms. The molecular weight excluding hydrogens is 331 g/mol. The van der Waals surface area contributed by atoms with Crippen molar-refractivity contribution in [3.8, 4) is 0 Å². The zero-order valence-corrected chi connectivity index (χ0v) is 14.7. The summed E-state index contributed by atoms with van der Waals surface area (Å²) in [4.78, 5) is 31.1. The smallest absolute Gasteiger partial charge is 0.223 e. The number of halogens is 1. The van der Waals surface area contributed by atoms with E-state index < -0.39 is 0 Å². The van der Waals surface area contributed by atoms with Crippen molar-refractivity contribution in [1.82, 2.24) is 9.88 Å². The van der Waals surface area contributed by atoms with E-state index in [1.54, 1.807) is 12.4 Å². The topological polar surface area (TPSA) is 50.3 Å². The molecule has 4 nitrogen and oxygen atoms in total. The lowest BCUT2D eigenvalue weighted by Gasteiger charge is -2.30. The van der Waals surface area contributed by atoms with Gasteiger partial charge in [0.2, 0.25) is 5.91 Å². The predicted octanol–water partition coefficient (Wildman–Crippen LogP) is 4.33. The summed E-state index contributed by atoms with van der Waals surface area (Å²) >= 11 is 0. The maximum atomic E-state index is 13.0. The van der Waals surface area contributed by atoms with Gasteiger partial charge in [0, 0.05) is 37.3 Å². The van der Waals surface area contributed by atoms with Crippen molar-refractivity contribution in [2.75, 3.05) is 6.54 Å². The highest BCUT2D eigenvalue weighted by atomic mass is 19.1. The van der Waals surface area contributed by atoms with E-state index in [2.05, 4.69) is 4.98 Å². The molecule has 1 atom stereocenters. The minimum atomic E-state index is -0.373. The lowest BCUT2D eigenvalue weighted by molar-refractivity contribution is -0.133. The molecule has 0 radical (unpaired) electrons. The second kappa shape index (κ2) is 8.70. The van der Waals surface area contributed by atoms with Crippen molar-refractivity contribution in [2.45, 2.75) is 44.6 Å². The number of rotatable bonds is 5. The van der Waals surface area contributed by atoms with Crippen LogP contribution in [0.25, 0.3) is 0 Å². The molecule has 1 fully saturated rings. The number of likely N-dealkylation sites (tertiary alicyclic amines) is 1. The van der Waals surface area contributed by atoms with Crippen molar-refractivity contribution in [1.29, 1.82) is 0 Å². The van der Waals surface area contributed by atoms with E-state index in [1.165, 1.54) is 24.3 Å². The van der Waals surface area contributed by atoms with Crippen molar-refractivity contribution in [3.63, 3.8) is 0 Å². The van der Waals surface area contributed by atoms with Gasteiger partial charge in [-0.3, -0.25) is 14.6 Å². The minimum absolute atomic E-state index is 0.00386. The van der Waals surface area contributed by atoms with Gasteiger partial charge in [0.05, 0.1) is 6.04 Å². The van der Waals surface area contributed by atoms with Crippen LogP contribution < -0.4 is 0 Å². The Bertz CT molecular complexity index is 746. The van der Waals surface area contributed by atoms with Gasteiger partial charge in [0.1, 0.15) is 5.82 Å². The molecule has 1 aromatic heterocycles. The highest BCUT2D eigenvalue weighted by Gasteiger charge is 2.26. The van der Waals surface area contributed by atoms with E-state index in [-0.39, 0.29) is 36.4 Å². The molecule has 0 aliphatic carbocycles. The summed E-state index contributed by atoms with van der Waals surface area (Å²) in [6, 6.07) is 9.43. The maximum absolute atomic E-state index is 13.0.